The molecular formula is C25H50Cl2O2Si. The minimum absolute atomic E-state index is 0.341. The van der Waals surface area contributed by atoms with E-state index in [1.165, 1.54) is 128 Å². The van der Waals surface area contributed by atoms with Crippen molar-refractivity contribution in [2.45, 2.75) is 154 Å². The zero-order chi connectivity index (χ0) is 22.1. The number of hydrogen-bond donors (Lipinski definition) is 1. The molecule has 0 bridgehead atoms. The van der Waals surface area contributed by atoms with Gasteiger partial charge in [0.25, 0.3) is 0 Å². The van der Waals surface area contributed by atoms with E-state index in [1.807, 2.05) is 0 Å². The van der Waals surface area contributed by atoms with Crippen LogP contribution in [0.5, 0.6) is 0 Å². The van der Waals surface area contributed by atoms with E-state index < -0.39 is 13.4 Å². The van der Waals surface area contributed by atoms with Crippen LogP contribution in [-0.2, 0) is 4.79 Å². The molecule has 0 radical (unpaired) electrons. The maximum atomic E-state index is 10.4. The maximum Gasteiger partial charge on any atom is 0.303 e. The van der Waals surface area contributed by atoms with Crippen molar-refractivity contribution in [3.8, 4) is 0 Å². The third kappa shape index (κ3) is 28.3. The van der Waals surface area contributed by atoms with Crippen LogP contribution in [0.4, 0.5) is 0 Å². The van der Waals surface area contributed by atoms with Gasteiger partial charge < -0.3 is 5.11 Å². The van der Waals surface area contributed by atoms with E-state index in [1.54, 1.807) is 0 Å². The van der Waals surface area contributed by atoms with Crippen molar-refractivity contribution < 1.29 is 9.90 Å². The molecule has 0 saturated carbocycles. The van der Waals surface area contributed by atoms with Crippen LogP contribution < -0.4 is 0 Å². The summed E-state index contributed by atoms with van der Waals surface area (Å²) in [4.78, 5) is 10.4. The number of unbranched alkanes of at least 4 members (excludes halogenated alkanes) is 21. The Balaban J connectivity index is 3.01. The normalized spacial score (nSPS) is 11.4. The smallest absolute Gasteiger partial charge is 0.303 e. The Bertz CT molecular complexity index is 354. The topological polar surface area (TPSA) is 37.3 Å². The molecule has 0 aromatic carbocycles. The second kappa shape index (κ2) is 25.5. The highest BCUT2D eigenvalue weighted by Gasteiger charge is 2.01. The van der Waals surface area contributed by atoms with Crippen molar-refractivity contribution in [2.24, 2.45) is 0 Å². The van der Waals surface area contributed by atoms with Crippen LogP contribution in [0.1, 0.15) is 148 Å². The molecule has 0 aliphatic carbocycles. The highest BCUT2D eigenvalue weighted by Crippen LogP contribution is 2.16. The lowest BCUT2D eigenvalue weighted by molar-refractivity contribution is -0.137. The monoisotopic (exact) mass is 480 g/mol. The number of aliphatic carboxylic acids is 1. The van der Waals surface area contributed by atoms with Gasteiger partial charge in [0, 0.05) is 6.42 Å². The van der Waals surface area contributed by atoms with Crippen LogP contribution >= 0.6 is 22.2 Å². The van der Waals surface area contributed by atoms with Gasteiger partial charge >= 0.3 is 5.97 Å². The molecule has 2 nitrogen and oxygen atoms in total. The molecule has 180 valence electrons. The van der Waals surface area contributed by atoms with Crippen molar-refractivity contribution in [3.63, 3.8) is 0 Å². The summed E-state index contributed by atoms with van der Waals surface area (Å²) in [6.45, 7) is 0. The fraction of sp³-hybridized carbons (Fsp3) is 0.960. The highest BCUT2D eigenvalue weighted by molar-refractivity contribution is 7.33. The fourth-order valence-corrected chi connectivity index (χ4v) is 5.63. The molecule has 0 aliphatic heterocycles. The molecule has 0 spiro atoms. The molecule has 0 unspecified atom stereocenters. The molecule has 0 rings (SSSR count). The molecule has 0 saturated heterocycles. The largest absolute Gasteiger partial charge is 0.481 e. The van der Waals surface area contributed by atoms with Gasteiger partial charge in [0.05, 0.1) is 0 Å². The van der Waals surface area contributed by atoms with Crippen molar-refractivity contribution in [2.75, 3.05) is 0 Å². The van der Waals surface area contributed by atoms with Crippen LogP contribution in [0.25, 0.3) is 0 Å². The quantitative estimate of drug-likeness (QED) is 0.0800. The first kappa shape index (κ1) is 30.3. The predicted octanol–water partition coefficient (Wildman–Crippen LogP) is 9.74. The Hall–Kier alpha value is 0.267. The molecule has 1 N–H and O–H groups in total. The highest BCUT2D eigenvalue weighted by atomic mass is 35.7. The van der Waals surface area contributed by atoms with E-state index >= 15 is 0 Å². The summed E-state index contributed by atoms with van der Waals surface area (Å²) in [5.41, 5.74) is 0. The average molecular weight is 482 g/mol. The number of carboxylic acid groups (broad SMARTS) is 1. The van der Waals surface area contributed by atoms with Gasteiger partial charge in [-0.3, -0.25) is 4.79 Å². The summed E-state index contributed by atoms with van der Waals surface area (Å²) in [6, 6.07) is 1.09. The van der Waals surface area contributed by atoms with Gasteiger partial charge in [-0.05, 0) is 12.5 Å². The summed E-state index contributed by atoms with van der Waals surface area (Å²) in [5.74, 6) is -0.654. The van der Waals surface area contributed by atoms with Crippen LogP contribution in [0.15, 0.2) is 0 Å². The number of hydrogen-bond acceptors (Lipinski definition) is 1. The fourth-order valence-electron chi connectivity index (χ4n) is 4.11. The van der Waals surface area contributed by atoms with Crippen LogP contribution in [-0.4, -0.2) is 18.5 Å². The molecule has 0 amide bonds. The van der Waals surface area contributed by atoms with Gasteiger partial charge in [0.2, 0.25) is 7.42 Å². The minimum Gasteiger partial charge on any atom is -0.481 e. The maximum absolute atomic E-state index is 10.4. The molecule has 0 heterocycles. The zero-order valence-electron chi connectivity index (χ0n) is 19.7. The lowest BCUT2D eigenvalue weighted by Gasteiger charge is -2.04. The number of halogens is 2. The van der Waals surface area contributed by atoms with E-state index in [2.05, 4.69) is 0 Å². The molecule has 30 heavy (non-hydrogen) atoms. The van der Waals surface area contributed by atoms with Crippen LogP contribution in [0, 0.1) is 0 Å². The van der Waals surface area contributed by atoms with Crippen molar-refractivity contribution in [3.05, 3.63) is 0 Å². The van der Waals surface area contributed by atoms with E-state index in [0.717, 1.165) is 18.9 Å². The van der Waals surface area contributed by atoms with Gasteiger partial charge in [-0.1, -0.05) is 135 Å². The first-order chi connectivity index (χ1) is 14.6. The van der Waals surface area contributed by atoms with Gasteiger partial charge in [-0.15, -0.1) is 0 Å². The van der Waals surface area contributed by atoms with E-state index in [0.29, 0.717) is 6.42 Å². The van der Waals surface area contributed by atoms with Gasteiger partial charge in [0.1, 0.15) is 0 Å². The molecule has 0 atom stereocenters. The van der Waals surface area contributed by atoms with Crippen LogP contribution in [0.3, 0.4) is 0 Å². The number of carbonyl (C=O) groups is 1. The minimum atomic E-state index is -1.34. The Morgan fingerprint density at radius 1 is 0.467 bits per heavy atom. The van der Waals surface area contributed by atoms with Gasteiger partial charge in [-0.25, -0.2) is 0 Å². The number of rotatable bonds is 25. The van der Waals surface area contributed by atoms with Crippen LogP contribution in [0.2, 0.25) is 6.04 Å². The van der Waals surface area contributed by atoms with Gasteiger partial charge in [0.15, 0.2) is 0 Å². The third-order valence-corrected chi connectivity index (χ3v) is 8.22. The van der Waals surface area contributed by atoms with E-state index in [-0.39, 0.29) is 0 Å². The Morgan fingerprint density at radius 3 is 0.933 bits per heavy atom. The lowest BCUT2D eigenvalue weighted by Crippen LogP contribution is -1.93. The second-order valence-electron chi connectivity index (χ2n) is 9.10. The van der Waals surface area contributed by atoms with E-state index in [4.69, 9.17) is 27.3 Å². The van der Waals surface area contributed by atoms with E-state index in [9.17, 15) is 4.79 Å². The SMILES string of the molecule is O=C(O)CCCCCCCCCCCCCCCCCCCCCCCC[SiH](Cl)Cl. The summed E-state index contributed by atoms with van der Waals surface area (Å²) in [5, 5.41) is 8.59. The molecule has 0 aliphatic rings. The Kier molecular flexibility index (Phi) is 25.8. The molecule has 0 aromatic rings. The number of carboxylic acids is 1. The second-order valence-corrected chi connectivity index (χ2v) is 14.3. The standard InChI is InChI=1S/C25H50Cl2O2Si/c26-30(27)24-22-20-18-16-14-12-10-8-6-4-2-1-3-5-7-9-11-13-15-17-19-21-23-25(28)29/h30H,1-24H2,(H,28,29). The van der Waals surface area contributed by atoms with Crippen molar-refractivity contribution in [1.29, 1.82) is 0 Å². The first-order valence-electron chi connectivity index (χ1n) is 13.1. The third-order valence-electron chi connectivity index (χ3n) is 6.06. The Labute approximate surface area is 198 Å². The zero-order valence-corrected chi connectivity index (χ0v) is 22.3. The summed E-state index contributed by atoms with van der Waals surface area (Å²) >= 11 is 11.7. The molecule has 5 heteroatoms. The molecule has 0 fully saturated rings. The van der Waals surface area contributed by atoms with Gasteiger partial charge in [-0.2, -0.15) is 22.2 Å². The lowest BCUT2D eigenvalue weighted by atomic mass is 10.0. The molecular weight excluding hydrogens is 431 g/mol. The summed E-state index contributed by atoms with van der Waals surface area (Å²) in [6.07, 6.45) is 29.8. The first-order valence-corrected chi connectivity index (χ1v) is 17.4. The van der Waals surface area contributed by atoms with Crippen molar-refractivity contribution in [1.82, 2.24) is 0 Å². The average Bonchev–Trinajstić information content (AvgIpc) is 2.70. The summed E-state index contributed by atoms with van der Waals surface area (Å²) in [7, 11) is -1.34. The van der Waals surface area contributed by atoms with Crippen molar-refractivity contribution >= 4 is 35.5 Å². The molecule has 0 aromatic heterocycles. The Morgan fingerprint density at radius 2 is 0.700 bits per heavy atom. The predicted molar refractivity (Wildman–Crippen MR) is 137 cm³/mol. The summed E-state index contributed by atoms with van der Waals surface area (Å²) < 4.78 is 0.